The number of methoxy groups -OCH3 is 1. The van der Waals surface area contributed by atoms with E-state index in [1.54, 1.807) is 14.0 Å². The van der Waals surface area contributed by atoms with Crippen molar-refractivity contribution in [2.75, 3.05) is 26.0 Å². The second kappa shape index (κ2) is 6.74. The molecule has 0 aliphatic carbocycles. The summed E-state index contributed by atoms with van der Waals surface area (Å²) in [6.45, 7) is 2.66. The molecule has 1 aromatic rings. The number of carboxylic acid groups (broad SMARTS) is 1. The number of nitrogens with two attached hydrogens (primary N) is 1. The zero-order chi connectivity index (χ0) is 14.4. The molecule has 0 aliphatic heterocycles. The number of ether oxygens (including phenoxy) is 1. The highest BCUT2D eigenvalue weighted by Crippen LogP contribution is 2.13. The number of aromatic carboxylic acids is 1. The van der Waals surface area contributed by atoms with Gasteiger partial charge in [-0.05, 0) is 13.3 Å². The number of carboxylic acids is 1. The molecule has 0 saturated heterocycles. The molecule has 8 nitrogen and oxygen atoms in total. The molecular weight excluding hydrogens is 252 g/mol. The minimum Gasteiger partial charge on any atom is -0.476 e. The highest BCUT2D eigenvalue weighted by Gasteiger charge is 2.20. The predicted octanol–water partition coefficient (Wildman–Crippen LogP) is -0.123. The van der Waals surface area contributed by atoms with Gasteiger partial charge in [-0.25, -0.2) is 4.79 Å². The third-order valence-electron chi connectivity index (χ3n) is 2.56. The Balaban J connectivity index is 2.61. The Morgan fingerprint density at radius 3 is 2.84 bits per heavy atom. The molecule has 0 radical (unpaired) electrons. The van der Waals surface area contributed by atoms with Crippen molar-refractivity contribution in [3.63, 3.8) is 0 Å². The monoisotopic (exact) mass is 270 g/mol. The maximum Gasteiger partial charge on any atom is 0.358 e. The minimum atomic E-state index is -1.22. The van der Waals surface area contributed by atoms with Crippen molar-refractivity contribution < 1.29 is 19.4 Å². The number of carbonyl (C=O) groups is 2. The van der Waals surface area contributed by atoms with Crippen molar-refractivity contribution in [3.8, 4) is 0 Å². The first-order chi connectivity index (χ1) is 8.97. The van der Waals surface area contributed by atoms with Gasteiger partial charge in [-0.15, -0.1) is 0 Å². The summed E-state index contributed by atoms with van der Waals surface area (Å²) in [5.41, 5.74) is 5.29. The molecule has 0 saturated carbocycles. The average Bonchev–Trinajstić information content (AvgIpc) is 2.75. The van der Waals surface area contributed by atoms with Gasteiger partial charge in [0.25, 0.3) is 0 Å². The van der Waals surface area contributed by atoms with Gasteiger partial charge >= 0.3 is 5.97 Å². The summed E-state index contributed by atoms with van der Waals surface area (Å²) in [4.78, 5) is 22.6. The van der Waals surface area contributed by atoms with E-state index < -0.39 is 12.0 Å². The second-order valence-electron chi connectivity index (χ2n) is 4.03. The minimum absolute atomic E-state index is 0.0338. The number of nitrogens with one attached hydrogen (secondary N) is 1. The van der Waals surface area contributed by atoms with Gasteiger partial charge in [-0.2, -0.15) is 5.10 Å². The van der Waals surface area contributed by atoms with Gasteiger partial charge in [0, 0.05) is 26.5 Å². The largest absolute Gasteiger partial charge is 0.476 e. The SMILES string of the molecule is COCCCNC(=O)C(C)n1cc(N)c(C(=O)O)n1. The molecule has 1 amide bonds. The fourth-order valence-electron chi connectivity index (χ4n) is 1.47. The lowest BCUT2D eigenvalue weighted by Gasteiger charge is -2.12. The Bertz CT molecular complexity index is 458. The molecule has 0 aliphatic rings. The summed E-state index contributed by atoms with van der Waals surface area (Å²) in [5, 5.41) is 15.3. The van der Waals surface area contributed by atoms with Gasteiger partial charge in [0.1, 0.15) is 6.04 Å². The molecule has 1 atom stereocenters. The van der Waals surface area contributed by atoms with Crippen molar-refractivity contribution >= 4 is 17.6 Å². The number of rotatable bonds is 7. The number of aromatic nitrogens is 2. The van der Waals surface area contributed by atoms with E-state index in [4.69, 9.17) is 15.6 Å². The van der Waals surface area contributed by atoms with Gasteiger partial charge in [0.05, 0.1) is 5.69 Å². The van der Waals surface area contributed by atoms with E-state index in [2.05, 4.69) is 10.4 Å². The van der Waals surface area contributed by atoms with Crippen LogP contribution >= 0.6 is 0 Å². The number of carbonyl (C=O) groups excluding carboxylic acids is 1. The third kappa shape index (κ3) is 3.95. The van der Waals surface area contributed by atoms with E-state index in [0.29, 0.717) is 19.6 Å². The summed E-state index contributed by atoms with van der Waals surface area (Å²) >= 11 is 0. The number of anilines is 1. The van der Waals surface area contributed by atoms with Crippen LogP contribution in [0.25, 0.3) is 0 Å². The van der Waals surface area contributed by atoms with Crippen LogP contribution < -0.4 is 11.1 Å². The van der Waals surface area contributed by atoms with Crippen molar-refractivity contribution in [1.29, 1.82) is 0 Å². The van der Waals surface area contributed by atoms with Crippen molar-refractivity contribution in [2.24, 2.45) is 0 Å². The topological polar surface area (TPSA) is 119 Å². The Hall–Kier alpha value is -2.09. The van der Waals surface area contributed by atoms with E-state index in [-0.39, 0.29) is 17.3 Å². The van der Waals surface area contributed by atoms with Crippen LogP contribution in [0.2, 0.25) is 0 Å². The van der Waals surface area contributed by atoms with Gasteiger partial charge in [-0.3, -0.25) is 9.48 Å². The van der Waals surface area contributed by atoms with E-state index in [1.165, 1.54) is 10.9 Å². The van der Waals surface area contributed by atoms with Crippen LogP contribution in [0.4, 0.5) is 5.69 Å². The Morgan fingerprint density at radius 1 is 1.63 bits per heavy atom. The van der Waals surface area contributed by atoms with Crippen LogP contribution in [-0.2, 0) is 9.53 Å². The first kappa shape index (κ1) is 15.0. The first-order valence-electron chi connectivity index (χ1n) is 5.82. The van der Waals surface area contributed by atoms with Crippen LogP contribution in [0.5, 0.6) is 0 Å². The maximum absolute atomic E-state index is 11.8. The predicted molar refractivity (Wildman–Crippen MR) is 67.8 cm³/mol. The molecule has 4 N–H and O–H groups in total. The lowest BCUT2D eigenvalue weighted by molar-refractivity contribution is -0.124. The number of nitrogens with zero attached hydrogens (tertiary/aromatic N) is 2. The molecule has 0 spiro atoms. The normalized spacial score (nSPS) is 12.1. The number of hydrogen-bond acceptors (Lipinski definition) is 5. The fraction of sp³-hybridized carbons (Fsp3) is 0.545. The molecule has 0 aromatic carbocycles. The second-order valence-corrected chi connectivity index (χ2v) is 4.03. The van der Waals surface area contributed by atoms with Gasteiger partial charge in [0.15, 0.2) is 5.69 Å². The molecule has 106 valence electrons. The van der Waals surface area contributed by atoms with Crippen LogP contribution in [0.15, 0.2) is 6.20 Å². The zero-order valence-electron chi connectivity index (χ0n) is 10.9. The van der Waals surface area contributed by atoms with Crippen molar-refractivity contribution in [2.45, 2.75) is 19.4 Å². The van der Waals surface area contributed by atoms with Crippen molar-refractivity contribution in [3.05, 3.63) is 11.9 Å². The van der Waals surface area contributed by atoms with E-state index in [1.807, 2.05) is 0 Å². The average molecular weight is 270 g/mol. The van der Waals surface area contributed by atoms with Crippen LogP contribution in [0, 0.1) is 0 Å². The molecule has 19 heavy (non-hydrogen) atoms. The molecule has 8 heteroatoms. The van der Waals surface area contributed by atoms with Gasteiger partial charge in [-0.1, -0.05) is 0 Å². The highest BCUT2D eigenvalue weighted by atomic mass is 16.5. The molecule has 1 rings (SSSR count). The summed E-state index contributed by atoms with van der Waals surface area (Å²) in [5.74, 6) is -1.47. The molecule has 1 unspecified atom stereocenters. The van der Waals surface area contributed by atoms with Crippen LogP contribution in [0.3, 0.4) is 0 Å². The van der Waals surface area contributed by atoms with E-state index in [0.717, 1.165) is 0 Å². The molecule has 1 aromatic heterocycles. The number of nitrogen functional groups attached to an aromatic ring is 1. The van der Waals surface area contributed by atoms with Gasteiger partial charge < -0.3 is 20.9 Å². The van der Waals surface area contributed by atoms with Crippen LogP contribution in [0.1, 0.15) is 29.9 Å². The molecule has 0 bridgehead atoms. The summed E-state index contributed by atoms with van der Waals surface area (Å²) in [7, 11) is 1.59. The van der Waals surface area contributed by atoms with E-state index >= 15 is 0 Å². The fourth-order valence-corrected chi connectivity index (χ4v) is 1.47. The van der Waals surface area contributed by atoms with Gasteiger partial charge in [0.2, 0.25) is 5.91 Å². The Morgan fingerprint density at radius 2 is 2.32 bits per heavy atom. The molecular formula is C11H18N4O4. The summed E-state index contributed by atoms with van der Waals surface area (Å²) in [6.07, 6.45) is 2.04. The van der Waals surface area contributed by atoms with Crippen molar-refractivity contribution in [1.82, 2.24) is 15.1 Å². The zero-order valence-corrected chi connectivity index (χ0v) is 10.9. The summed E-state index contributed by atoms with van der Waals surface area (Å²) < 4.78 is 6.10. The van der Waals surface area contributed by atoms with Crippen LogP contribution in [-0.4, -0.2) is 47.0 Å². The molecule has 1 heterocycles. The Kier molecular flexibility index (Phi) is 5.31. The standard InChI is InChI=1S/C11H18N4O4/c1-7(10(16)13-4-3-5-19-2)15-6-8(12)9(14-15)11(17)18/h6-7H,3-5,12H2,1-2H3,(H,13,16)(H,17,18). The first-order valence-corrected chi connectivity index (χ1v) is 5.82. The molecule has 0 fully saturated rings. The third-order valence-corrected chi connectivity index (χ3v) is 2.56. The smallest absolute Gasteiger partial charge is 0.358 e. The Labute approximate surface area is 110 Å². The summed E-state index contributed by atoms with van der Waals surface area (Å²) in [6, 6.07) is -0.627. The van der Waals surface area contributed by atoms with E-state index in [9.17, 15) is 9.59 Å². The number of amides is 1. The quantitative estimate of drug-likeness (QED) is 0.594. The lowest BCUT2D eigenvalue weighted by Crippen LogP contribution is -2.32. The maximum atomic E-state index is 11.8. The highest BCUT2D eigenvalue weighted by molar-refractivity contribution is 5.91. The lowest BCUT2D eigenvalue weighted by atomic mass is 10.3. The number of hydrogen-bond donors (Lipinski definition) is 3.